The number of aliphatic hydroxyl groups is 2. The fourth-order valence-corrected chi connectivity index (χ4v) is 3.62. The molecule has 0 spiro atoms. The van der Waals surface area contributed by atoms with E-state index in [2.05, 4.69) is 25.6 Å². The van der Waals surface area contributed by atoms with Gasteiger partial charge in [-0.25, -0.2) is 9.78 Å². The summed E-state index contributed by atoms with van der Waals surface area (Å²) in [6, 6.07) is 7.98. The first-order valence-corrected chi connectivity index (χ1v) is 11.0. The molecule has 13 heteroatoms. The third kappa shape index (κ3) is 5.16. The molecule has 2 amide bonds. The SMILES string of the molecule is CC(C)C(=O)Nc1nc2c(ncn2[C@@H]2O[C@H](CO)[C@@H](O)[C@H]2NC(=O)OCc2ccccc2)c(=O)[nH]1. The van der Waals surface area contributed by atoms with Crippen molar-refractivity contribution in [2.24, 2.45) is 5.92 Å². The van der Waals surface area contributed by atoms with Crippen molar-refractivity contribution in [3.8, 4) is 0 Å². The van der Waals surface area contributed by atoms with Crippen molar-refractivity contribution in [3.63, 3.8) is 0 Å². The van der Waals surface area contributed by atoms with Crippen LogP contribution in [0.3, 0.4) is 0 Å². The molecule has 3 aromatic rings. The second-order valence-electron chi connectivity index (χ2n) is 8.35. The number of hydrogen-bond donors (Lipinski definition) is 5. The molecule has 1 saturated heterocycles. The van der Waals surface area contributed by atoms with Crippen LogP contribution in [0.2, 0.25) is 0 Å². The van der Waals surface area contributed by atoms with E-state index >= 15 is 0 Å². The van der Waals surface area contributed by atoms with Crippen LogP contribution in [-0.2, 0) is 20.9 Å². The van der Waals surface area contributed by atoms with Gasteiger partial charge in [-0.1, -0.05) is 44.2 Å². The molecule has 0 bridgehead atoms. The van der Waals surface area contributed by atoms with Gasteiger partial charge in [0.25, 0.3) is 5.56 Å². The monoisotopic (exact) mass is 486 g/mol. The number of carbonyl (C=O) groups is 2. The van der Waals surface area contributed by atoms with Gasteiger partial charge in [-0.2, -0.15) is 4.98 Å². The fraction of sp³-hybridized carbons (Fsp3) is 0.409. The Bertz CT molecular complexity index is 1260. The maximum atomic E-state index is 12.5. The molecule has 3 heterocycles. The Morgan fingerprint density at radius 2 is 2.03 bits per heavy atom. The largest absolute Gasteiger partial charge is 0.445 e. The molecule has 5 N–H and O–H groups in total. The predicted octanol–water partition coefficient (Wildman–Crippen LogP) is 0.260. The molecule has 2 aromatic heterocycles. The average molecular weight is 486 g/mol. The zero-order valence-electron chi connectivity index (χ0n) is 19.0. The highest BCUT2D eigenvalue weighted by molar-refractivity contribution is 5.91. The number of amides is 2. The molecule has 186 valence electrons. The highest BCUT2D eigenvalue weighted by Crippen LogP contribution is 2.31. The number of aromatic amines is 1. The molecule has 0 aliphatic carbocycles. The van der Waals surface area contributed by atoms with Crippen molar-refractivity contribution in [1.29, 1.82) is 0 Å². The lowest BCUT2D eigenvalue weighted by molar-refractivity contribution is -0.118. The van der Waals surface area contributed by atoms with E-state index in [0.717, 1.165) is 5.56 Å². The van der Waals surface area contributed by atoms with Crippen LogP contribution in [0.15, 0.2) is 41.5 Å². The molecule has 0 unspecified atom stereocenters. The minimum atomic E-state index is -1.30. The lowest BCUT2D eigenvalue weighted by atomic mass is 10.1. The van der Waals surface area contributed by atoms with Crippen molar-refractivity contribution >= 4 is 29.1 Å². The molecular formula is C22H26N6O7. The summed E-state index contributed by atoms with van der Waals surface area (Å²) in [6.07, 6.45) is -2.96. The van der Waals surface area contributed by atoms with Gasteiger partial charge < -0.3 is 25.0 Å². The summed E-state index contributed by atoms with van der Waals surface area (Å²) < 4.78 is 12.4. The number of fused-ring (bicyclic) bond motifs is 1. The minimum absolute atomic E-state index is 0.00822. The summed E-state index contributed by atoms with van der Waals surface area (Å²) in [5.74, 6) is -0.797. The van der Waals surface area contributed by atoms with Crippen LogP contribution in [0.1, 0.15) is 25.6 Å². The van der Waals surface area contributed by atoms with Gasteiger partial charge in [-0.15, -0.1) is 0 Å². The third-order valence-electron chi connectivity index (χ3n) is 5.52. The lowest BCUT2D eigenvalue weighted by Crippen LogP contribution is -2.47. The molecule has 1 aliphatic rings. The van der Waals surface area contributed by atoms with E-state index in [9.17, 15) is 24.6 Å². The highest BCUT2D eigenvalue weighted by atomic mass is 16.6. The standard InChI is InChI=1S/C22H26N6O7/c1-11(2)18(31)26-21-25-17-15(19(32)27-21)23-10-28(17)20-14(16(30)13(8-29)35-20)24-22(33)34-9-12-6-4-3-5-7-12/h3-7,10-11,13-14,16,20,29-30H,8-9H2,1-2H3,(H,24,33)(H2,25,26,27,31,32)/t13-,14-,16-,20-/m1/s1. The van der Waals surface area contributed by atoms with E-state index in [1.54, 1.807) is 26.0 Å². The molecule has 35 heavy (non-hydrogen) atoms. The zero-order valence-corrected chi connectivity index (χ0v) is 19.0. The van der Waals surface area contributed by atoms with E-state index in [1.165, 1.54) is 10.9 Å². The highest BCUT2D eigenvalue weighted by Gasteiger charge is 2.46. The summed E-state index contributed by atoms with van der Waals surface area (Å²) in [6.45, 7) is 2.86. The fourth-order valence-electron chi connectivity index (χ4n) is 3.62. The van der Waals surface area contributed by atoms with Crippen molar-refractivity contribution in [3.05, 3.63) is 52.6 Å². The van der Waals surface area contributed by atoms with Crippen LogP contribution in [0, 0.1) is 5.92 Å². The summed E-state index contributed by atoms with van der Waals surface area (Å²) in [5, 5.41) is 25.4. The van der Waals surface area contributed by atoms with Crippen molar-refractivity contribution < 1.29 is 29.3 Å². The van der Waals surface area contributed by atoms with E-state index in [0.29, 0.717) is 0 Å². The Balaban J connectivity index is 1.60. The van der Waals surface area contributed by atoms with Gasteiger partial charge in [-0.05, 0) is 5.56 Å². The number of ether oxygens (including phenoxy) is 2. The maximum Gasteiger partial charge on any atom is 0.407 e. The first-order valence-electron chi connectivity index (χ1n) is 11.0. The van der Waals surface area contributed by atoms with Gasteiger partial charge >= 0.3 is 6.09 Å². The number of nitrogens with one attached hydrogen (secondary N) is 3. The zero-order chi connectivity index (χ0) is 25.1. The minimum Gasteiger partial charge on any atom is -0.445 e. The van der Waals surface area contributed by atoms with Gasteiger partial charge in [0, 0.05) is 5.92 Å². The smallest absolute Gasteiger partial charge is 0.407 e. The van der Waals surface area contributed by atoms with Crippen molar-refractivity contribution in [1.82, 2.24) is 24.8 Å². The predicted molar refractivity (Wildman–Crippen MR) is 122 cm³/mol. The molecule has 1 fully saturated rings. The summed E-state index contributed by atoms with van der Waals surface area (Å²) in [4.78, 5) is 47.8. The molecule has 0 radical (unpaired) electrons. The quantitative estimate of drug-likeness (QED) is 0.313. The van der Waals surface area contributed by atoms with Crippen LogP contribution in [-0.4, -0.2) is 66.6 Å². The number of aromatic nitrogens is 4. The number of imidazole rings is 1. The Labute approximate surface area is 199 Å². The lowest BCUT2D eigenvalue weighted by Gasteiger charge is -2.22. The Morgan fingerprint density at radius 1 is 1.29 bits per heavy atom. The molecule has 4 atom stereocenters. The first kappa shape index (κ1) is 24.3. The number of hydrogen-bond acceptors (Lipinski definition) is 9. The van der Waals surface area contributed by atoms with Crippen LogP contribution >= 0.6 is 0 Å². The molecule has 0 saturated carbocycles. The summed E-state index contributed by atoms with van der Waals surface area (Å²) in [7, 11) is 0. The van der Waals surface area contributed by atoms with Crippen molar-refractivity contribution in [2.75, 3.05) is 11.9 Å². The maximum absolute atomic E-state index is 12.5. The van der Waals surface area contributed by atoms with E-state index in [-0.39, 0.29) is 35.5 Å². The van der Waals surface area contributed by atoms with E-state index in [1.807, 2.05) is 18.2 Å². The van der Waals surface area contributed by atoms with Gasteiger partial charge in [0.1, 0.15) is 24.9 Å². The number of H-pyrrole nitrogens is 1. The van der Waals surface area contributed by atoms with E-state index in [4.69, 9.17) is 9.47 Å². The topological polar surface area (TPSA) is 181 Å². The third-order valence-corrected chi connectivity index (χ3v) is 5.52. The van der Waals surface area contributed by atoms with Crippen molar-refractivity contribution in [2.45, 2.75) is 44.9 Å². The second-order valence-corrected chi connectivity index (χ2v) is 8.35. The first-order chi connectivity index (χ1) is 16.8. The van der Waals surface area contributed by atoms with Crippen LogP contribution in [0.4, 0.5) is 10.7 Å². The van der Waals surface area contributed by atoms with Crippen LogP contribution in [0.25, 0.3) is 11.2 Å². The Hall–Kier alpha value is -3.81. The normalized spacial score (nSPS) is 21.9. The van der Waals surface area contributed by atoms with Crippen LogP contribution in [0.5, 0.6) is 0 Å². The number of benzene rings is 1. The molecule has 4 rings (SSSR count). The molecular weight excluding hydrogens is 460 g/mol. The average Bonchev–Trinajstić information content (AvgIpc) is 3.39. The van der Waals surface area contributed by atoms with Gasteiger partial charge in [0.15, 0.2) is 17.4 Å². The number of aliphatic hydroxyl groups excluding tert-OH is 2. The van der Waals surface area contributed by atoms with Gasteiger partial charge in [-0.3, -0.25) is 24.5 Å². The number of nitrogens with zero attached hydrogens (tertiary/aromatic N) is 3. The Morgan fingerprint density at radius 3 is 2.71 bits per heavy atom. The van der Waals surface area contributed by atoms with Gasteiger partial charge in [0.05, 0.1) is 12.9 Å². The van der Waals surface area contributed by atoms with Gasteiger partial charge in [0.2, 0.25) is 11.9 Å². The molecule has 1 aromatic carbocycles. The summed E-state index contributed by atoms with van der Waals surface area (Å²) >= 11 is 0. The molecule has 1 aliphatic heterocycles. The number of anilines is 1. The number of rotatable bonds is 7. The number of alkyl carbamates (subject to hydrolysis) is 1. The number of carbonyl (C=O) groups excluding carboxylic acids is 2. The molecule has 13 nitrogen and oxygen atoms in total. The Kier molecular flexibility index (Phi) is 7.10. The van der Waals surface area contributed by atoms with Crippen LogP contribution < -0.4 is 16.2 Å². The summed E-state index contributed by atoms with van der Waals surface area (Å²) in [5.41, 5.74) is 0.184. The van der Waals surface area contributed by atoms with E-state index < -0.39 is 42.7 Å². The second kappa shape index (κ2) is 10.2.